The van der Waals surface area contributed by atoms with Gasteiger partial charge in [0.1, 0.15) is 0 Å². The molecule has 7 heteroatoms. The Labute approximate surface area is 193 Å². The number of rotatable bonds is 8. The molecule has 1 aromatic rings. The minimum absolute atomic E-state index is 0. The first-order chi connectivity index (χ1) is 13.8. The van der Waals surface area contributed by atoms with Crippen LogP contribution in [0.5, 0.6) is 0 Å². The predicted octanol–water partition coefficient (Wildman–Crippen LogP) is 2.54. The molecular weight excluding hydrogens is 477 g/mol. The van der Waals surface area contributed by atoms with Crippen molar-refractivity contribution >= 4 is 29.9 Å². The van der Waals surface area contributed by atoms with Crippen LogP contribution in [-0.2, 0) is 11.3 Å². The molecule has 2 aliphatic heterocycles. The lowest BCUT2D eigenvalue weighted by Crippen LogP contribution is -2.50. The molecule has 2 heterocycles. The normalized spacial score (nSPS) is 21.7. The average molecular weight is 515 g/mol. The quantitative estimate of drug-likeness (QED) is 0.317. The van der Waals surface area contributed by atoms with Crippen LogP contribution in [0.3, 0.4) is 0 Å². The zero-order valence-electron chi connectivity index (χ0n) is 18.0. The Bertz CT molecular complexity index is 592. The number of hydrogen-bond donors (Lipinski definition) is 2. The smallest absolute Gasteiger partial charge is 0.191 e. The summed E-state index contributed by atoms with van der Waals surface area (Å²) in [5, 5.41) is 7.20. The molecule has 0 bridgehead atoms. The molecule has 3 rings (SSSR count). The van der Waals surface area contributed by atoms with Gasteiger partial charge in [0.25, 0.3) is 0 Å². The summed E-state index contributed by atoms with van der Waals surface area (Å²) in [6.45, 7) is 7.30. The lowest BCUT2D eigenvalue weighted by molar-refractivity contribution is 0.141. The Hall–Kier alpha value is -0.900. The Kier molecular flexibility index (Phi) is 11.3. The highest BCUT2D eigenvalue weighted by Gasteiger charge is 2.25. The van der Waals surface area contributed by atoms with Crippen molar-refractivity contribution < 1.29 is 4.74 Å². The second kappa shape index (κ2) is 13.4. The number of ether oxygens (including phenoxy) is 1. The summed E-state index contributed by atoms with van der Waals surface area (Å²) in [6, 6.07) is 11.9. The molecule has 2 N–H and O–H groups in total. The van der Waals surface area contributed by atoms with Crippen molar-refractivity contribution in [2.24, 2.45) is 4.99 Å². The molecule has 2 aliphatic rings. The number of nitrogens with zero attached hydrogens (tertiary/aromatic N) is 3. The molecule has 2 saturated heterocycles. The van der Waals surface area contributed by atoms with Gasteiger partial charge in [-0.05, 0) is 37.8 Å². The van der Waals surface area contributed by atoms with Gasteiger partial charge >= 0.3 is 0 Å². The van der Waals surface area contributed by atoms with Gasteiger partial charge < -0.3 is 15.4 Å². The average Bonchev–Trinajstić information content (AvgIpc) is 3.19. The van der Waals surface area contributed by atoms with E-state index in [1.165, 1.54) is 24.9 Å². The van der Waals surface area contributed by atoms with Gasteiger partial charge in [-0.2, -0.15) is 0 Å². The Morgan fingerprint density at radius 1 is 1.14 bits per heavy atom. The van der Waals surface area contributed by atoms with Crippen molar-refractivity contribution in [1.29, 1.82) is 0 Å². The second-order valence-corrected chi connectivity index (χ2v) is 7.96. The van der Waals surface area contributed by atoms with Crippen molar-refractivity contribution in [2.45, 2.75) is 44.3 Å². The lowest BCUT2D eigenvalue weighted by atomic mass is 10.0. The Morgan fingerprint density at radius 2 is 1.90 bits per heavy atom. The van der Waals surface area contributed by atoms with Crippen molar-refractivity contribution in [2.75, 3.05) is 53.5 Å². The highest BCUT2D eigenvalue weighted by molar-refractivity contribution is 14.0. The molecule has 1 atom stereocenters. The van der Waals surface area contributed by atoms with Crippen LogP contribution < -0.4 is 10.6 Å². The summed E-state index contributed by atoms with van der Waals surface area (Å²) in [4.78, 5) is 9.54. The minimum atomic E-state index is 0. The number of piperidine rings is 1. The summed E-state index contributed by atoms with van der Waals surface area (Å²) in [6.07, 6.45) is 4.86. The van der Waals surface area contributed by atoms with Gasteiger partial charge in [0, 0.05) is 59.0 Å². The molecule has 0 aliphatic carbocycles. The van der Waals surface area contributed by atoms with E-state index in [0.29, 0.717) is 12.1 Å². The van der Waals surface area contributed by atoms with Gasteiger partial charge in [0.05, 0.1) is 6.61 Å². The van der Waals surface area contributed by atoms with Gasteiger partial charge in [-0.3, -0.25) is 14.8 Å². The van der Waals surface area contributed by atoms with Crippen molar-refractivity contribution in [3.8, 4) is 0 Å². The summed E-state index contributed by atoms with van der Waals surface area (Å²) >= 11 is 0. The van der Waals surface area contributed by atoms with Crippen LogP contribution in [0.2, 0.25) is 0 Å². The molecule has 0 amide bonds. The number of benzene rings is 1. The van der Waals surface area contributed by atoms with Crippen LogP contribution in [0.15, 0.2) is 35.3 Å². The molecule has 29 heavy (non-hydrogen) atoms. The number of hydrogen-bond acceptors (Lipinski definition) is 4. The molecule has 0 saturated carbocycles. The Balaban J connectivity index is 0.00000300. The summed E-state index contributed by atoms with van der Waals surface area (Å²) in [7, 11) is 3.65. The number of nitrogens with one attached hydrogen (secondary N) is 2. The molecule has 0 spiro atoms. The molecule has 1 aromatic carbocycles. The number of halogens is 1. The van der Waals surface area contributed by atoms with Gasteiger partial charge in [-0.1, -0.05) is 30.3 Å². The fraction of sp³-hybridized carbons (Fsp3) is 0.682. The van der Waals surface area contributed by atoms with Gasteiger partial charge in [-0.25, -0.2) is 0 Å². The molecule has 1 unspecified atom stereocenters. The van der Waals surface area contributed by atoms with Crippen LogP contribution in [0, 0.1) is 0 Å². The van der Waals surface area contributed by atoms with Crippen molar-refractivity contribution in [3.63, 3.8) is 0 Å². The highest BCUT2D eigenvalue weighted by Crippen LogP contribution is 2.16. The third kappa shape index (κ3) is 8.03. The molecule has 6 nitrogen and oxygen atoms in total. The highest BCUT2D eigenvalue weighted by atomic mass is 127. The maximum Gasteiger partial charge on any atom is 0.191 e. The lowest BCUT2D eigenvalue weighted by Gasteiger charge is -2.33. The molecule has 0 aromatic heterocycles. The molecular formula is C22H38IN5O. The van der Waals surface area contributed by atoms with Gasteiger partial charge in [0.2, 0.25) is 0 Å². The number of likely N-dealkylation sites (tertiary alicyclic amines) is 2. The minimum Gasteiger partial charge on any atom is -0.383 e. The van der Waals surface area contributed by atoms with E-state index >= 15 is 0 Å². The second-order valence-electron chi connectivity index (χ2n) is 7.96. The van der Waals surface area contributed by atoms with E-state index in [9.17, 15) is 0 Å². The number of guanidine groups is 1. The predicted molar refractivity (Wildman–Crippen MR) is 131 cm³/mol. The zero-order chi connectivity index (χ0) is 19.6. The van der Waals surface area contributed by atoms with Gasteiger partial charge in [-0.15, -0.1) is 24.0 Å². The number of aliphatic imine (C=N–C) groups is 1. The van der Waals surface area contributed by atoms with E-state index in [1.807, 2.05) is 7.05 Å². The van der Waals surface area contributed by atoms with Crippen LogP contribution in [-0.4, -0.2) is 81.3 Å². The Morgan fingerprint density at radius 3 is 2.59 bits per heavy atom. The van der Waals surface area contributed by atoms with Crippen LogP contribution in [0.4, 0.5) is 0 Å². The third-order valence-corrected chi connectivity index (χ3v) is 5.99. The van der Waals surface area contributed by atoms with E-state index in [1.54, 1.807) is 7.11 Å². The largest absolute Gasteiger partial charge is 0.383 e. The van der Waals surface area contributed by atoms with E-state index in [2.05, 4.69) is 55.8 Å². The topological polar surface area (TPSA) is 52.1 Å². The maximum absolute atomic E-state index is 5.24. The van der Waals surface area contributed by atoms with Crippen LogP contribution >= 0.6 is 24.0 Å². The maximum atomic E-state index is 5.24. The van der Waals surface area contributed by atoms with Gasteiger partial charge in [0.15, 0.2) is 5.96 Å². The summed E-state index contributed by atoms with van der Waals surface area (Å²) in [5.41, 5.74) is 1.40. The van der Waals surface area contributed by atoms with Crippen molar-refractivity contribution in [1.82, 2.24) is 20.4 Å². The molecule has 0 radical (unpaired) electrons. The monoisotopic (exact) mass is 515 g/mol. The van der Waals surface area contributed by atoms with Crippen LogP contribution in [0.25, 0.3) is 0 Å². The fourth-order valence-electron chi connectivity index (χ4n) is 4.31. The molecule has 2 fully saturated rings. The first-order valence-electron chi connectivity index (χ1n) is 10.7. The van der Waals surface area contributed by atoms with Crippen LogP contribution in [0.1, 0.15) is 31.2 Å². The fourth-order valence-corrected chi connectivity index (χ4v) is 4.31. The van der Waals surface area contributed by atoms with E-state index in [4.69, 9.17) is 4.74 Å². The summed E-state index contributed by atoms with van der Waals surface area (Å²) in [5.74, 6) is 0.945. The van der Waals surface area contributed by atoms with Crippen molar-refractivity contribution in [3.05, 3.63) is 35.9 Å². The standard InChI is InChI=1S/C22H37N5O.HI/c1-23-22(24-17-21-9-6-12-27(21)15-16-28-2)25-20-10-13-26(14-11-20)18-19-7-4-3-5-8-19;/h3-5,7-8,20-21H,6,9-18H2,1-2H3,(H2,23,24,25);1H. The zero-order valence-corrected chi connectivity index (χ0v) is 20.3. The van der Waals surface area contributed by atoms with E-state index in [0.717, 1.165) is 58.1 Å². The summed E-state index contributed by atoms with van der Waals surface area (Å²) < 4.78 is 5.24. The third-order valence-electron chi connectivity index (χ3n) is 5.99. The molecule has 164 valence electrons. The first-order valence-corrected chi connectivity index (χ1v) is 10.7. The number of methoxy groups -OCH3 is 1. The van der Waals surface area contributed by atoms with E-state index < -0.39 is 0 Å². The van der Waals surface area contributed by atoms with E-state index in [-0.39, 0.29) is 24.0 Å². The first kappa shape index (κ1) is 24.4. The SMILES string of the molecule is CN=C(NCC1CCCN1CCOC)NC1CCN(Cc2ccccc2)CC1.I.